The van der Waals surface area contributed by atoms with E-state index in [0.29, 0.717) is 23.5 Å². The van der Waals surface area contributed by atoms with Crippen molar-refractivity contribution in [1.29, 1.82) is 0 Å². The number of aromatic hydroxyl groups is 1. The van der Waals surface area contributed by atoms with Gasteiger partial charge in [-0.2, -0.15) is 0 Å². The smallest absolute Gasteiger partial charge is 0.205 e. The maximum atomic E-state index is 12.6. The number of phenolic OH excluding ortho intramolecular Hbond substituents is 1. The molecule has 0 unspecified atom stereocenters. The highest BCUT2D eigenvalue weighted by Gasteiger charge is 2.21. The van der Waals surface area contributed by atoms with Gasteiger partial charge in [0.25, 0.3) is 0 Å². The van der Waals surface area contributed by atoms with Gasteiger partial charge in [-0.05, 0) is 47.5 Å². The third-order valence-corrected chi connectivity index (χ3v) is 3.89. The standard InChI is InChI=1S/C17H13N3O2/c18-16-7-9-3-11(4-12(9)8-19-16)17(22)15-6-10-5-13(21)1-2-14(10)20-15/h1-3,5-8,20-21H,4H2,(H2,18,19). The number of benzene rings is 1. The van der Waals surface area contributed by atoms with E-state index in [-0.39, 0.29) is 11.5 Å². The van der Waals surface area contributed by atoms with Crippen LogP contribution >= 0.6 is 0 Å². The number of carbonyl (C=O) groups excluding carboxylic acids is 1. The number of Topliss-reactive ketones (excluding diaryl/α,β-unsaturated/α-hetero) is 1. The molecule has 0 bridgehead atoms. The van der Waals surface area contributed by atoms with Gasteiger partial charge in [-0.15, -0.1) is 0 Å². The lowest BCUT2D eigenvalue weighted by molar-refractivity contribution is 0.103. The highest BCUT2D eigenvalue weighted by atomic mass is 16.3. The predicted molar refractivity (Wildman–Crippen MR) is 84.6 cm³/mol. The molecule has 0 spiro atoms. The predicted octanol–water partition coefficient (Wildman–Crippen LogP) is 2.67. The fraction of sp³-hybridized carbons (Fsp3) is 0.0588. The normalized spacial score (nSPS) is 13.2. The number of ketones is 1. The van der Waals surface area contributed by atoms with Gasteiger partial charge < -0.3 is 15.8 Å². The van der Waals surface area contributed by atoms with Crippen molar-refractivity contribution in [2.75, 3.05) is 5.73 Å². The van der Waals surface area contributed by atoms with Gasteiger partial charge in [0.05, 0.1) is 5.69 Å². The SMILES string of the molecule is Nc1cc2c(cn1)CC(C(=O)c1cc3cc(O)ccc3[nH]1)=C2. The number of nitrogens with two attached hydrogens (primary N) is 1. The molecule has 4 rings (SSSR count). The molecule has 3 aromatic rings. The van der Waals surface area contributed by atoms with Crippen LogP contribution in [-0.4, -0.2) is 20.9 Å². The van der Waals surface area contributed by atoms with Crippen molar-refractivity contribution in [2.45, 2.75) is 6.42 Å². The summed E-state index contributed by atoms with van der Waals surface area (Å²) >= 11 is 0. The summed E-state index contributed by atoms with van der Waals surface area (Å²) in [6.07, 6.45) is 4.13. The first-order valence-corrected chi connectivity index (χ1v) is 6.91. The maximum Gasteiger partial charge on any atom is 0.205 e. The lowest BCUT2D eigenvalue weighted by Crippen LogP contribution is -2.03. The van der Waals surface area contributed by atoms with Crippen molar-refractivity contribution in [1.82, 2.24) is 9.97 Å². The fourth-order valence-electron chi connectivity index (χ4n) is 2.80. The molecule has 108 valence electrons. The molecule has 1 aromatic carbocycles. The molecule has 1 aliphatic rings. The summed E-state index contributed by atoms with van der Waals surface area (Å²) in [6.45, 7) is 0. The van der Waals surface area contributed by atoms with Crippen LogP contribution in [0.2, 0.25) is 0 Å². The van der Waals surface area contributed by atoms with E-state index in [9.17, 15) is 9.90 Å². The van der Waals surface area contributed by atoms with E-state index < -0.39 is 0 Å². The van der Waals surface area contributed by atoms with Crippen LogP contribution in [-0.2, 0) is 6.42 Å². The van der Waals surface area contributed by atoms with E-state index in [1.54, 1.807) is 36.5 Å². The number of aromatic nitrogens is 2. The van der Waals surface area contributed by atoms with Crippen LogP contribution in [0.4, 0.5) is 5.82 Å². The van der Waals surface area contributed by atoms with Gasteiger partial charge in [0.15, 0.2) is 0 Å². The van der Waals surface area contributed by atoms with E-state index in [4.69, 9.17) is 5.73 Å². The monoisotopic (exact) mass is 291 g/mol. The molecule has 2 heterocycles. The molecule has 0 atom stereocenters. The topological polar surface area (TPSA) is 92.0 Å². The number of anilines is 1. The van der Waals surface area contributed by atoms with Gasteiger partial charge >= 0.3 is 0 Å². The van der Waals surface area contributed by atoms with Crippen LogP contribution in [0.15, 0.2) is 42.1 Å². The number of rotatable bonds is 2. The second kappa shape index (κ2) is 4.46. The first-order chi connectivity index (χ1) is 10.6. The van der Waals surface area contributed by atoms with Crippen LogP contribution < -0.4 is 5.73 Å². The molecule has 5 nitrogen and oxygen atoms in total. The molecule has 0 radical (unpaired) electrons. The summed E-state index contributed by atoms with van der Waals surface area (Å²) in [6, 6.07) is 8.51. The van der Waals surface area contributed by atoms with Crippen molar-refractivity contribution in [3.63, 3.8) is 0 Å². The number of hydrogen-bond acceptors (Lipinski definition) is 4. The summed E-state index contributed by atoms with van der Waals surface area (Å²) < 4.78 is 0. The van der Waals surface area contributed by atoms with Crippen molar-refractivity contribution >= 4 is 28.6 Å². The Labute approximate surface area is 126 Å². The zero-order valence-electron chi connectivity index (χ0n) is 11.6. The molecule has 1 aliphatic carbocycles. The second-order valence-electron chi connectivity index (χ2n) is 5.44. The number of nitrogens with one attached hydrogen (secondary N) is 1. The number of carbonyl (C=O) groups is 1. The number of pyridine rings is 1. The zero-order valence-corrected chi connectivity index (χ0v) is 11.6. The molecule has 0 saturated carbocycles. The number of fused-ring (bicyclic) bond motifs is 2. The van der Waals surface area contributed by atoms with Crippen molar-refractivity contribution in [2.24, 2.45) is 0 Å². The Kier molecular flexibility index (Phi) is 2.56. The third-order valence-electron chi connectivity index (χ3n) is 3.89. The summed E-state index contributed by atoms with van der Waals surface area (Å²) in [5, 5.41) is 10.3. The van der Waals surface area contributed by atoms with Crippen molar-refractivity contribution in [3.8, 4) is 5.75 Å². The van der Waals surface area contributed by atoms with Crippen LogP contribution in [0.3, 0.4) is 0 Å². The first kappa shape index (κ1) is 12.6. The number of allylic oxidation sites excluding steroid dienone is 1. The van der Waals surface area contributed by atoms with E-state index >= 15 is 0 Å². The minimum atomic E-state index is -0.0505. The molecule has 0 fully saturated rings. The van der Waals surface area contributed by atoms with E-state index in [1.807, 2.05) is 6.08 Å². The average Bonchev–Trinajstić information content (AvgIpc) is 3.08. The van der Waals surface area contributed by atoms with Crippen LogP contribution in [0.5, 0.6) is 5.75 Å². The van der Waals surface area contributed by atoms with E-state index in [2.05, 4.69) is 9.97 Å². The Morgan fingerprint density at radius 3 is 3.00 bits per heavy atom. The molecule has 22 heavy (non-hydrogen) atoms. The van der Waals surface area contributed by atoms with Crippen molar-refractivity contribution < 1.29 is 9.90 Å². The van der Waals surface area contributed by atoms with Gasteiger partial charge in [0.1, 0.15) is 11.6 Å². The van der Waals surface area contributed by atoms with Gasteiger partial charge in [-0.1, -0.05) is 0 Å². The summed E-state index contributed by atoms with van der Waals surface area (Å²) in [7, 11) is 0. The average molecular weight is 291 g/mol. The summed E-state index contributed by atoms with van der Waals surface area (Å²) in [5.74, 6) is 0.579. The molecular weight excluding hydrogens is 278 g/mol. The number of hydrogen-bond donors (Lipinski definition) is 3. The lowest BCUT2D eigenvalue weighted by Gasteiger charge is -1.99. The molecule has 4 N–H and O–H groups in total. The Balaban J connectivity index is 1.71. The Morgan fingerprint density at radius 2 is 2.14 bits per heavy atom. The van der Waals surface area contributed by atoms with Crippen LogP contribution in [0.25, 0.3) is 17.0 Å². The Hall–Kier alpha value is -3.08. The summed E-state index contributed by atoms with van der Waals surface area (Å²) in [4.78, 5) is 19.8. The molecule has 2 aromatic heterocycles. The number of aromatic amines is 1. The maximum absolute atomic E-state index is 12.6. The number of nitrogens with zero attached hydrogens (tertiary/aromatic N) is 1. The van der Waals surface area contributed by atoms with Gasteiger partial charge in [-0.3, -0.25) is 4.79 Å². The minimum Gasteiger partial charge on any atom is -0.508 e. The lowest BCUT2D eigenvalue weighted by atomic mass is 10.1. The minimum absolute atomic E-state index is 0.0505. The molecule has 0 aliphatic heterocycles. The molecule has 0 saturated heterocycles. The van der Waals surface area contributed by atoms with Gasteiger partial charge in [-0.25, -0.2) is 4.98 Å². The quantitative estimate of drug-likeness (QED) is 0.633. The summed E-state index contributed by atoms with van der Waals surface area (Å²) in [5.41, 5.74) is 9.67. The number of nitrogen functional groups attached to an aromatic ring is 1. The molecule has 5 heteroatoms. The highest BCUT2D eigenvalue weighted by Crippen LogP contribution is 2.29. The molecule has 0 amide bonds. The fourth-order valence-corrected chi connectivity index (χ4v) is 2.80. The third kappa shape index (κ3) is 1.95. The van der Waals surface area contributed by atoms with Crippen molar-refractivity contribution in [3.05, 3.63) is 58.9 Å². The number of H-pyrrole nitrogens is 1. The second-order valence-corrected chi connectivity index (χ2v) is 5.44. The van der Waals surface area contributed by atoms with E-state index in [0.717, 1.165) is 22.0 Å². The van der Waals surface area contributed by atoms with Crippen LogP contribution in [0.1, 0.15) is 21.6 Å². The van der Waals surface area contributed by atoms with Gasteiger partial charge in [0.2, 0.25) is 5.78 Å². The molecular formula is C17H13N3O2. The first-order valence-electron chi connectivity index (χ1n) is 6.91. The Morgan fingerprint density at radius 1 is 1.27 bits per heavy atom. The highest BCUT2D eigenvalue weighted by molar-refractivity contribution is 6.13. The van der Waals surface area contributed by atoms with Crippen LogP contribution in [0, 0.1) is 0 Å². The number of phenols is 1. The largest absolute Gasteiger partial charge is 0.508 e. The Bertz CT molecular complexity index is 954. The zero-order chi connectivity index (χ0) is 15.3. The van der Waals surface area contributed by atoms with E-state index in [1.165, 1.54) is 0 Å². The van der Waals surface area contributed by atoms with Gasteiger partial charge in [0, 0.05) is 29.1 Å².